The Hall–Kier alpha value is -2.74. The quantitative estimate of drug-likeness (QED) is 0.637. The van der Waals surface area contributed by atoms with Crippen molar-refractivity contribution in [1.29, 1.82) is 0 Å². The van der Waals surface area contributed by atoms with Crippen molar-refractivity contribution in [3.8, 4) is 0 Å². The van der Waals surface area contributed by atoms with Crippen LogP contribution in [0.3, 0.4) is 0 Å². The lowest BCUT2D eigenvalue weighted by molar-refractivity contribution is -0.134. The van der Waals surface area contributed by atoms with Crippen molar-refractivity contribution < 1.29 is 24.3 Å². The van der Waals surface area contributed by atoms with Crippen LogP contribution >= 0.6 is 0 Å². The molecular formula is C21H23N3O5. The van der Waals surface area contributed by atoms with E-state index in [9.17, 15) is 24.3 Å². The molecule has 1 aliphatic carbocycles. The highest BCUT2D eigenvalue weighted by molar-refractivity contribution is 6.23. The number of piperidine rings is 2. The van der Waals surface area contributed by atoms with Crippen molar-refractivity contribution in [3.05, 3.63) is 28.8 Å². The van der Waals surface area contributed by atoms with Gasteiger partial charge in [0.15, 0.2) is 0 Å². The van der Waals surface area contributed by atoms with E-state index in [1.807, 2.05) is 6.07 Å². The van der Waals surface area contributed by atoms with Crippen LogP contribution in [0.1, 0.15) is 70.7 Å². The Morgan fingerprint density at radius 3 is 2.38 bits per heavy atom. The average Bonchev–Trinajstić information content (AvgIpc) is 2.95. The molecule has 5 rings (SSSR count). The highest BCUT2D eigenvalue weighted by Gasteiger charge is 2.46. The minimum atomic E-state index is -0.643. The lowest BCUT2D eigenvalue weighted by Gasteiger charge is -2.51. The molecule has 1 aromatic carbocycles. The largest absolute Gasteiger partial charge is 0.393 e. The van der Waals surface area contributed by atoms with Gasteiger partial charge in [-0.1, -0.05) is 0 Å². The lowest BCUT2D eigenvalue weighted by atomic mass is 9.61. The number of rotatable bonds is 2. The molecule has 8 nitrogen and oxygen atoms in total. The maximum atomic E-state index is 12.6. The number of aliphatic hydroxyl groups excluding tert-OH is 1. The van der Waals surface area contributed by atoms with Crippen molar-refractivity contribution in [2.75, 3.05) is 18.0 Å². The molecule has 1 atom stereocenters. The van der Waals surface area contributed by atoms with Gasteiger partial charge in [0.25, 0.3) is 11.8 Å². The summed E-state index contributed by atoms with van der Waals surface area (Å²) in [7, 11) is 0. The molecule has 1 saturated carbocycles. The molecule has 1 aromatic rings. The molecule has 4 aliphatic rings. The first-order chi connectivity index (χ1) is 13.9. The van der Waals surface area contributed by atoms with E-state index < -0.39 is 23.6 Å². The van der Waals surface area contributed by atoms with Gasteiger partial charge in [-0.15, -0.1) is 0 Å². The second-order valence-corrected chi connectivity index (χ2v) is 8.76. The zero-order chi connectivity index (χ0) is 20.3. The van der Waals surface area contributed by atoms with E-state index in [2.05, 4.69) is 15.5 Å². The van der Waals surface area contributed by atoms with Crippen LogP contribution in [0, 0.1) is 5.41 Å². The van der Waals surface area contributed by atoms with Gasteiger partial charge in [0.1, 0.15) is 0 Å². The number of amides is 4. The summed E-state index contributed by atoms with van der Waals surface area (Å²) in [5, 5.41) is 14.4. The number of imide groups is 2. The SMILES string of the molecule is O=C1CCC(c2c(N3CCC4(CC3)CC(O)C4)ccc3c2C(=O)NC3=O)C(=O)N1. The van der Waals surface area contributed by atoms with Gasteiger partial charge < -0.3 is 10.0 Å². The number of nitrogens with one attached hydrogen (secondary N) is 2. The van der Waals surface area contributed by atoms with Crippen molar-refractivity contribution in [2.45, 2.75) is 50.5 Å². The molecule has 1 unspecified atom stereocenters. The third-order valence-electron chi connectivity index (χ3n) is 7.01. The molecule has 3 heterocycles. The molecule has 8 heteroatoms. The lowest BCUT2D eigenvalue weighted by Crippen LogP contribution is -2.49. The number of fused-ring (bicyclic) bond motifs is 1. The first-order valence-corrected chi connectivity index (χ1v) is 10.2. The molecule has 3 N–H and O–H groups in total. The molecular weight excluding hydrogens is 374 g/mol. The Labute approximate surface area is 167 Å². The summed E-state index contributed by atoms with van der Waals surface area (Å²) >= 11 is 0. The van der Waals surface area contributed by atoms with Crippen molar-refractivity contribution in [1.82, 2.24) is 10.6 Å². The molecule has 152 valence electrons. The summed E-state index contributed by atoms with van der Waals surface area (Å²) in [4.78, 5) is 51.2. The van der Waals surface area contributed by atoms with E-state index in [0.717, 1.165) is 44.5 Å². The number of benzene rings is 1. The summed E-state index contributed by atoms with van der Waals surface area (Å²) in [5.74, 6) is -2.31. The number of carbonyl (C=O) groups excluding carboxylic acids is 4. The van der Waals surface area contributed by atoms with Gasteiger partial charge >= 0.3 is 0 Å². The normalized spacial score (nSPS) is 26.2. The topological polar surface area (TPSA) is 116 Å². The van der Waals surface area contributed by atoms with Crippen LogP contribution in [0.15, 0.2) is 12.1 Å². The van der Waals surface area contributed by atoms with E-state index in [0.29, 0.717) is 12.0 Å². The summed E-state index contributed by atoms with van der Waals surface area (Å²) in [6.45, 7) is 1.53. The molecule has 1 spiro atoms. The van der Waals surface area contributed by atoms with Gasteiger partial charge in [-0.25, -0.2) is 0 Å². The fraction of sp³-hybridized carbons (Fsp3) is 0.524. The van der Waals surface area contributed by atoms with Crippen molar-refractivity contribution in [2.24, 2.45) is 5.41 Å². The van der Waals surface area contributed by atoms with Gasteiger partial charge in [0.2, 0.25) is 11.8 Å². The second kappa shape index (κ2) is 6.38. The third-order valence-corrected chi connectivity index (χ3v) is 7.01. The van der Waals surface area contributed by atoms with Crippen molar-refractivity contribution in [3.63, 3.8) is 0 Å². The first-order valence-electron chi connectivity index (χ1n) is 10.2. The Morgan fingerprint density at radius 2 is 1.72 bits per heavy atom. The third kappa shape index (κ3) is 2.85. The van der Waals surface area contributed by atoms with Crippen LogP contribution in [0.25, 0.3) is 0 Å². The van der Waals surface area contributed by atoms with Gasteiger partial charge in [-0.2, -0.15) is 0 Å². The minimum Gasteiger partial charge on any atom is -0.393 e. The fourth-order valence-corrected chi connectivity index (χ4v) is 5.44. The van der Waals surface area contributed by atoms with Crippen LogP contribution in [0.4, 0.5) is 5.69 Å². The second-order valence-electron chi connectivity index (χ2n) is 8.76. The summed E-state index contributed by atoms with van der Waals surface area (Å²) in [5.41, 5.74) is 2.10. The predicted octanol–water partition coefficient (Wildman–Crippen LogP) is 0.832. The number of nitrogens with zero attached hydrogens (tertiary/aromatic N) is 1. The minimum absolute atomic E-state index is 0.199. The van der Waals surface area contributed by atoms with Gasteiger partial charge in [-0.3, -0.25) is 29.8 Å². The van der Waals surface area contributed by atoms with Gasteiger partial charge in [-0.05, 0) is 49.7 Å². The zero-order valence-electron chi connectivity index (χ0n) is 16.0. The molecule has 0 aromatic heterocycles. The Bertz CT molecular complexity index is 940. The van der Waals surface area contributed by atoms with E-state index in [1.54, 1.807) is 6.07 Å². The monoisotopic (exact) mass is 397 g/mol. The maximum Gasteiger partial charge on any atom is 0.259 e. The summed E-state index contributed by atoms with van der Waals surface area (Å²) < 4.78 is 0. The molecule has 2 saturated heterocycles. The standard InChI is InChI=1S/C21H23N3O5/c25-11-9-21(10-11)5-7-24(8-6-21)14-3-1-13-17(20(29)23-19(13)28)16(14)12-2-4-15(26)22-18(12)27/h1,3,11-12,25H,2,4-10H2,(H,22,26,27)(H,23,28,29). The van der Waals surface area contributed by atoms with E-state index >= 15 is 0 Å². The number of carbonyl (C=O) groups is 4. The van der Waals surface area contributed by atoms with E-state index in [4.69, 9.17) is 0 Å². The van der Waals surface area contributed by atoms with Crippen LogP contribution in [-0.2, 0) is 9.59 Å². The number of hydrogen-bond donors (Lipinski definition) is 3. The van der Waals surface area contributed by atoms with Crippen LogP contribution in [0.5, 0.6) is 0 Å². The average molecular weight is 397 g/mol. The maximum absolute atomic E-state index is 12.6. The molecule has 0 bridgehead atoms. The highest BCUT2D eigenvalue weighted by atomic mass is 16.3. The Balaban J connectivity index is 1.53. The smallest absolute Gasteiger partial charge is 0.259 e. The molecule has 4 amide bonds. The summed E-state index contributed by atoms with van der Waals surface area (Å²) in [6.07, 6.45) is 3.89. The van der Waals surface area contributed by atoms with Crippen LogP contribution in [0.2, 0.25) is 0 Å². The highest BCUT2D eigenvalue weighted by Crippen LogP contribution is 2.50. The molecule has 3 fully saturated rings. The number of anilines is 1. The zero-order valence-corrected chi connectivity index (χ0v) is 16.0. The van der Waals surface area contributed by atoms with Crippen molar-refractivity contribution >= 4 is 29.3 Å². The molecule has 3 aliphatic heterocycles. The first kappa shape index (κ1) is 18.3. The number of aliphatic hydroxyl groups is 1. The Kier molecular flexibility index (Phi) is 4.03. The molecule has 29 heavy (non-hydrogen) atoms. The fourth-order valence-electron chi connectivity index (χ4n) is 5.44. The Morgan fingerprint density at radius 1 is 1.00 bits per heavy atom. The van der Waals surface area contributed by atoms with Gasteiger partial charge in [0.05, 0.1) is 23.1 Å². The summed E-state index contributed by atoms with van der Waals surface area (Å²) in [6, 6.07) is 3.47. The number of hydrogen-bond acceptors (Lipinski definition) is 6. The molecule has 0 radical (unpaired) electrons. The van der Waals surface area contributed by atoms with E-state index in [1.165, 1.54) is 0 Å². The van der Waals surface area contributed by atoms with Crippen LogP contribution in [-0.4, -0.2) is 47.9 Å². The van der Waals surface area contributed by atoms with Crippen LogP contribution < -0.4 is 15.5 Å². The predicted molar refractivity (Wildman–Crippen MR) is 102 cm³/mol. The van der Waals surface area contributed by atoms with Gasteiger partial charge in [0, 0.05) is 30.8 Å². The van der Waals surface area contributed by atoms with E-state index in [-0.39, 0.29) is 35.0 Å².